The van der Waals surface area contributed by atoms with E-state index in [-0.39, 0.29) is 11.3 Å². The number of allylic oxidation sites excluding steroid dienone is 12. The van der Waals surface area contributed by atoms with E-state index in [0.717, 1.165) is 37.1 Å². The molecule has 5 aliphatic carbocycles. The Kier molecular flexibility index (Phi) is 12.5. The molecule has 2 nitrogen and oxygen atoms in total. The van der Waals surface area contributed by atoms with Crippen LogP contribution in [0.25, 0.3) is 43.4 Å². The van der Waals surface area contributed by atoms with Crippen molar-refractivity contribution < 1.29 is 0 Å². The van der Waals surface area contributed by atoms with Gasteiger partial charge in [-0.15, -0.1) is 0 Å². The summed E-state index contributed by atoms with van der Waals surface area (Å²) in [4.78, 5) is 5.13. The first-order chi connectivity index (χ1) is 42.2. The third-order valence-corrected chi connectivity index (χ3v) is 20.2. The maximum atomic E-state index is 2.62. The zero-order valence-electron chi connectivity index (χ0n) is 49.9. The van der Waals surface area contributed by atoms with Gasteiger partial charge < -0.3 is 9.80 Å². The van der Waals surface area contributed by atoms with Gasteiger partial charge in [-0.3, -0.25) is 0 Å². The van der Waals surface area contributed by atoms with E-state index >= 15 is 0 Å². The van der Waals surface area contributed by atoms with Crippen LogP contribution in [-0.2, 0) is 18.3 Å². The highest BCUT2D eigenvalue weighted by Gasteiger charge is 2.60. The SMILES string of the molecule is CC1=C[C@@H](C)C(C)C(N(c2ccc(C34C5=C(C=CCC5)C5=CC=CC(c6ccccc63)C54)cc2)c2ccc3ccc4c(N(c5ccc(Cc6ccccc6-c6ccccc6Cc6ccccc6)cc5)c5cc(C)cc(C)c5)ccc5ccc2c3c54)=C1. The zero-order valence-corrected chi connectivity index (χ0v) is 49.9. The van der Waals surface area contributed by atoms with E-state index in [1.165, 1.54) is 133 Å². The second-order valence-electron chi connectivity index (χ2n) is 25.3. The summed E-state index contributed by atoms with van der Waals surface area (Å²) in [5, 5.41) is 7.59. The molecule has 0 saturated heterocycles. The van der Waals surface area contributed by atoms with Crippen LogP contribution in [0.15, 0.2) is 289 Å². The molecule has 0 saturated carbocycles. The molecule has 11 aromatic rings. The molecule has 4 unspecified atom stereocenters. The van der Waals surface area contributed by atoms with Crippen molar-refractivity contribution in [3.05, 3.63) is 339 Å². The van der Waals surface area contributed by atoms with Crippen molar-refractivity contribution in [1.82, 2.24) is 0 Å². The van der Waals surface area contributed by atoms with Crippen LogP contribution in [0.1, 0.15) is 89.6 Å². The standard InChI is InChI=1S/C84H70N2/c1-53-46-54(2)49-67(48-53)85(65-38-30-59(31-39-65)52-63-21-10-12-23-69(63)68-22-11-9-20-62(68)51-58-18-7-6-8-19-58)78-44-34-60-33-43-75-79(45-35-61-32-42-74(78)81(60)82(61)75)86(80-50-55(3)47-56(4)57(80)5)66-40-36-64(37-41-66)84-76-28-15-13-24-70(76)72-26-17-27-73(83(72)84)71-25-14-16-29-77(71)84/h6-15,17-28,30-50,56-57,72,83H,16,29,51-52H2,1-5H3/t56-,57?,72?,83?,84?/m1/s1. The van der Waals surface area contributed by atoms with E-state index in [0.29, 0.717) is 17.8 Å². The van der Waals surface area contributed by atoms with E-state index in [1.54, 1.807) is 5.57 Å². The van der Waals surface area contributed by atoms with E-state index in [2.05, 4.69) is 305 Å². The second kappa shape index (κ2) is 20.6. The lowest BCUT2D eigenvalue weighted by Gasteiger charge is -2.39. The number of nitrogens with zero attached hydrogens (tertiary/aromatic N) is 2. The summed E-state index contributed by atoms with van der Waals surface area (Å²) in [5.41, 5.74) is 27.6. The van der Waals surface area contributed by atoms with E-state index in [4.69, 9.17) is 0 Å². The molecule has 0 amide bonds. The maximum absolute atomic E-state index is 2.62. The Labute approximate surface area is 507 Å². The van der Waals surface area contributed by atoms with E-state index in [9.17, 15) is 0 Å². The fourth-order valence-corrected chi connectivity index (χ4v) is 16.4. The predicted octanol–water partition coefficient (Wildman–Crippen LogP) is 21.9. The van der Waals surface area contributed by atoms with Gasteiger partial charge in [0.15, 0.2) is 0 Å². The van der Waals surface area contributed by atoms with Crippen LogP contribution < -0.4 is 9.80 Å². The monoisotopic (exact) mass is 1110 g/mol. The number of anilines is 5. The molecule has 16 rings (SSSR count). The van der Waals surface area contributed by atoms with Gasteiger partial charge in [0, 0.05) is 51.3 Å². The molecule has 0 aliphatic heterocycles. The van der Waals surface area contributed by atoms with E-state index < -0.39 is 0 Å². The number of hydrogen-bond acceptors (Lipinski definition) is 2. The van der Waals surface area contributed by atoms with Crippen molar-refractivity contribution in [2.45, 2.75) is 71.6 Å². The number of fused-ring (bicyclic) bond motifs is 5. The molecule has 416 valence electrons. The van der Waals surface area contributed by atoms with Gasteiger partial charge in [0.05, 0.1) is 16.8 Å². The Hall–Kier alpha value is -9.50. The first-order valence-corrected chi connectivity index (χ1v) is 31.3. The van der Waals surface area contributed by atoms with Gasteiger partial charge in [0.1, 0.15) is 0 Å². The summed E-state index contributed by atoms with van der Waals surface area (Å²) in [5.74, 6) is 1.38. The second-order valence-corrected chi connectivity index (χ2v) is 25.3. The van der Waals surface area contributed by atoms with Crippen LogP contribution in [0.5, 0.6) is 0 Å². The lowest BCUT2D eigenvalue weighted by atomic mass is 9.64. The average molecular weight is 1110 g/mol. The normalized spacial score (nSPS) is 20.0. The number of rotatable bonds is 12. The smallest absolute Gasteiger partial charge is 0.0540 e. The number of benzene rings is 11. The largest absolute Gasteiger partial charge is 0.313 e. The third kappa shape index (κ3) is 8.28. The lowest BCUT2D eigenvalue weighted by molar-refractivity contribution is 0.447. The topological polar surface area (TPSA) is 6.48 Å². The molecule has 0 radical (unpaired) electrons. The molecular weight excluding hydrogens is 1040 g/mol. The molecule has 0 fully saturated rings. The molecule has 2 heteroatoms. The highest BCUT2D eigenvalue weighted by Crippen LogP contribution is 2.68. The van der Waals surface area contributed by atoms with Crippen LogP contribution in [0.4, 0.5) is 28.4 Å². The van der Waals surface area contributed by atoms with Crippen LogP contribution in [0, 0.1) is 31.6 Å². The molecule has 5 atom stereocenters. The Bertz CT molecular complexity index is 4690. The first-order valence-electron chi connectivity index (χ1n) is 31.3. The van der Waals surface area contributed by atoms with Crippen molar-refractivity contribution in [3.63, 3.8) is 0 Å². The van der Waals surface area contributed by atoms with E-state index in [1.807, 2.05) is 0 Å². The summed E-state index contributed by atoms with van der Waals surface area (Å²) < 4.78 is 0. The maximum Gasteiger partial charge on any atom is 0.0540 e. The Morgan fingerprint density at radius 1 is 0.535 bits per heavy atom. The third-order valence-electron chi connectivity index (χ3n) is 20.2. The molecule has 0 heterocycles. The summed E-state index contributed by atoms with van der Waals surface area (Å²) in [6.07, 6.45) is 20.9. The lowest BCUT2D eigenvalue weighted by Crippen LogP contribution is -2.34. The summed E-state index contributed by atoms with van der Waals surface area (Å²) in [6, 6.07) is 83.4. The van der Waals surface area contributed by atoms with Gasteiger partial charge in [-0.25, -0.2) is 0 Å². The van der Waals surface area contributed by atoms with Crippen LogP contribution in [0.2, 0.25) is 0 Å². The van der Waals surface area contributed by atoms with Crippen LogP contribution >= 0.6 is 0 Å². The van der Waals surface area contributed by atoms with Crippen LogP contribution in [0.3, 0.4) is 0 Å². The van der Waals surface area contributed by atoms with Crippen molar-refractivity contribution in [2.24, 2.45) is 17.8 Å². The molecule has 86 heavy (non-hydrogen) atoms. The molecule has 0 spiro atoms. The molecule has 11 aromatic carbocycles. The highest BCUT2D eigenvalue weighted by atomic mass is 15.2. The number of hydrogen-bond donors (Lipinski definition) is 0. The number of aryl methyl sites for hydroxylation is 2. The quantitative estimate of drug-likeness (QED) is 0.113. The highest BCUT2D eigenvalue weighted by molar-refractivity contribution is 6.28. The van der Waals surface area contributed by atoms with Crippen molar-refractivity contribution in [2.75, 3.05) is 9.80 Å². The average Bonchev–Trinajstić information content (AvgIpc) is 1.49. The Balaban J connectivity index is 0.812. The van der Waals surface area contributed by atoms with Gasteiger partial charge in [-0.1, -0.05) is 226 Å². The van der Waals surface area contributed by atoms with Gasteiger partial charge >= 0.3 is 0 Å². The van der Waals surface area contributed by atoms with Gasteiger partial charge in [-0.2, -0.15) is 0 Å². The molecule has 0 aromatic heterocycles. The summed E-state index contributed by atoms with van der Waals surface area (Å²) in [7, 11) is 0. The van der Waals surface area contributed by atoms with Crippen molar-refractivity contribution in [1.29, 1.82) is 0 Å². The Morgan fingerprint density at radius 3 is 1.80 bits per heavy atom. The van der Waals surface area contributed by atoms with Crippen molar-refractivity contribution in [3.8, 4) is 11.1 Å². The fourth-order valence-electron chi connectivity index (χ4n) is 16.4. The Morgan fingerprint density at radius 2 is 1.12 bits per heavy atom. The minimum atomic E-state index is -0.202. The molecule has 0 N–H and O–H groups in total. The van der Waals surface area contributed by atoms with Gasteiger partial charge in [0.25, 0.3) is 0 Å². The summed E-state index contributed by atoms with van der Waals surface area (Å²) >= 11 is 0. The van der Waals surface area contributed by atoms with Crippen LogP contribution in [-0.4, -0.2) is 0 Å². The molecule has 5 aliphatic rings. The summed E-state index contributed by atoms with van der Waals surface area (Å²) in [6.45, 7) is 11.5. The predicted molar refractivity (Wildman–Crippen MR) is 363 cm³/mol. The van der Waals surface area contributed by atoms with Gasteiger partial charge in [-0.05, 0) is 206 Å². The fraction of sp³-hybridized carbons (Fsp3) is 0.167. The zero-order chi connectivity index (χ0) is 57.8. The van der Waals surface area contributed by atoms with Crippen molar-refractivity contribution >= 4 is 60.8 Å². The minimum Gasteiger partial charge on any atom is -0.313 e. The minimum absolute atomic E-state index is 0.202. The molecular formula is C84H70N2. The first kappa shape index (κ1) is 52.1. The molecule has 0 bridgehead atoms. The van der Waals surface area contributed by atoms with Gasteiger partial charge in [0.2, 0.25) is 0 Å².